The minimum atomic E-state index is -3.99. The van der Waals surface area contributed by atoms with E-state index in [2.05, 4.69) is 15.4 Å². The van der Waals surface area contributed by atoms with E-state index in [9.17, 15) is 17.6 Å². The molecule has 112 valence electrons. The van der Waals surface area contributed by atoms with Crippen LogP contribution in [0, 0.1) is 12.7 Å². The summed E-state index contributed by atoms with van der Waals surface area (Å²) in [5, 5.41) is 19.7. The van der Waals surface area contributed by atoms with Crippen LogP contribution in [-0.4, -0.2) is 39.7 Å². The van der Waals surface area contributed by atoms with Gasteiger partial charge in [0.1, 0.15) is 11.6 Å². The van der Waals surface area contributed by atoms with Crippen LogP contribution in [0.15, 0.2) is 17.0 Å². The molecule has 0 spiro atoms. The number of aromatic carboxylic acids is 1. The summed E-state index contributed by atoms with van der Waals surface area (Å²) in [6.45, 7) is 1.26. The average molecular weight is 314 g/mol. The second-order valence-corrected chi connectivity index (χ2v) is 6.30. The molecular formula is C11H11FN4O4S. The Labute approximate surface area is 119 Å². The normalized spacial score (nSPS) is 11.6. The number of hydrogen-bond acceptors (Lipinski definition) is 6. The minimum absolute atomic E-state index is 0.0574. The standard InChI is InChI=1S/C11H11FN4O4S/c1-6-8(12)3-7(11(17)18)4-9(6)21(19,20)5-10-13-15-16(2)14-10/h3-4H,5H2,1-2H3,(H,17,18). The van der Waals surface area contributed by atoms with Gasteiger partial charge in [-0.3, -0.25) is 0 Å². The molecule has 0 unspecified atom stereocenters. The molecule has 0 saturated carbocycles. The Morgan fingerprint density at radius 3 is 2.62 bits per heavy atom. The Bertz CT molecular complexity index is 816. The highest BCUT2D eigenvalue weighted by atomic mass is 32.2. The fourth-order valence-corrected chi connectivity index (χ4v) is 3.21. The third-order valence-corrected chi connectivity index (χ3v) is 4.48. The van der Waals surface area contributed by atoms with E-state index >= 15 is 0 Å². The van der Waals surface area contributed by atoms with E-state index in [0.717, 1.165) is 16.9 Å². The molecule has 0 saturated heterocycles. The molecule has 1 aromatic carbocycles. The Hall–Kier alpha value is -2.36. The van der Waals surface area contributed by atoms with E-state index in [0.29, 0.717) is 0 Å². The predicted molar refractivity (Wildman–Crippen MR) is 67.8 cm³/mol. The molecular weight excluding hydrogens is 303 g/mol. The van der Waals surface area contributed by atoms with E-state index in [4.69, 9.17) is 5.11 Å². The lowest BCUT2D eigenvalue weighted by Gasteiger charge is -2.08. The molecule has 0 atom stereocenters. The molecule has 0 aliphatic carbocycles. The third kappa shape index (κ3) is 3.05. The van der Waals surface area contributed by atoms with Gasteiger partial charge in [0.25, 0.3) is 0 Å². The van der Waals surface area contributed by atoms with Crippen molar-refractivity contribution in [3.8, 4) is 0 Å². The molecule has 0 radical (unpaired) electrons. The van der Waals surface area contributed by atoms with Gasteiger partial charge in [0.15, 0.2) is 15.7 Å². The summed E-state index contributed by atoms with van der Waals surface area (Å²) < 4.78 is 38.3. The fraction of sp³-hybridized carbons (Fsp3) is 0.273. The summed E-state index contributed by atoms with van der Waals surface area (Å²) in [4.78, 5) is 11.6. The Morgan fingerprint density at radius 2 is 2.10 bits per heavy atom. The Balaban J connectivity index is 2.51. The summed E-state index contributed by atoms with van der Waals surface area (Å²) in [5.74, 6) is -2.97. The van der Waals surface area contributed by atoms with Crippen molar-refractivity contribution < 1.29 is 22.7 Å². The van der Waals surface area contributed by atoms with Gasteiger partial charge in [-0.15, -0.1) is 10.2 Å². The number of carboxylic acids is 1. The zero-order chi connectivity index (χ0) is 15.8. The summed E-state index contributed by atoms with van der Waals surface area (Å²) in [6, 6.07) is 1.70. The largest absolute Gasteiger partial charge is 0.478 e. The van der Waals surface area contributed by atoms with Crippen LogP contribution in [0.4, 0.5) is 4.39 Å². The number of sulfone groups is 1. The van der Waals surface area contributed by atoms with Crippen LogP contribution >= 0.6 is 0 Å². The maximum absolute atomic E-state index is 13.7. The van der Waals surface area contributed by atoms with Crippen molar-refractivity contribution in [1.29, 1.82) is 0 Å². The highest BCUT2D eigenvalue weighted by Crippen LogP contribution is 2.23. The summed E-state index contributed by atoms with van der Waals surface area (Å²) in [7, 11) is -2.52. The molecule has 2 rings (SSSR count). The van der Waals surface area contributed by atoms with Crippen LogP contribution in [0.2, 0.25) is 0 Å². The average Bonchev–Trinajstić information content (AvgIpc) is 2.76. The molecule has 10 heteroatoms. The Kier molecular flexibility index (Phi) is 3.73. The summed E-state index contributed by atoms with van der Waals surface area (Å²) in [6.07, 6.45) is 0. The van der Waals surface area contributed by atoms with Crippen molar-refractivity contribution >= 4 is 15.8 Å². The molecule has 8 nitrogen and oxygen atoms in total. The zero-order valence-electron chi connectivity index (χ0n) is 11.1. The first kappa shape index (κ1) is 15.0. The SMILES string of the molecule is Cc1c(F)cc(C(=O)O)cc1S(=O)(=O)Cc1nnn(C)n1. The monoisotopic (exact) mass is 314 g/mol. The van der Waals surface area contributed by atoms with Gasteiger partial charge in [0.2, 0.25) is 0 Å². The van der Waals surface area contributed by atoms with Gasteiger partial charge in [-0.05, 0) is 24.3 Å². The fourth-order valence-electron chi connectivity index (χ4n) is 1.73. The van der Waals surface area contributed by atoms with Gasteiger partial charge >= 0.3 is 5.97 Å². The van der Waals surface area contributed by atoms with Crippen LogP contribution < -0.4 is 0 Å². The number of aryl methyl sites for hydroxylation is 1. The molecule has 1 heterocycles. The number of tetrazole rings is 1. The second kappa shape index (κ2) is 5.20. The number of nitrogens with zero attached hydrogens (tertiary/aromatic N) is 4. The van der Waals surface area contributed by atoms with Crippen LogP contribution in [0.5, 0.6) is 0 Å². The predicted octanol–water partition coefficient (Wildman–Crippen LogP) is 0.330. The van der Waals surface area contributed by atoms with E-state index < -0.39 is 37.8 Å². The van der Waals surface area contributed by atoms with Crippen LogP contribution in [0.25, 0.3) is 0 Å². The maximum atomic E-state index is 13.7. The first-order chi connectivity index (χ1) is 9.70. The molecule has 1 N–H and O–H groups in total. The van der Waals surface area contributed by atoms with Gasteiger partial charge in [-0.1, -0.05) is 0 Å². The number of hydrogen-bond donors (Lipinski definition) is 1. The van der Waals surface area contributed by atoms with Crippen molar-refractivity contribution in [2.45, 2.75) is 17.6 Å². The number of aromatic nitrogens is 4. The molecule has 1 aromatic heterocycles. The van der Waals surface area contributed by atoms with Gasteiger partial charge in [0, 0.05) is 5.56 Å². The first-order valence-electron chi connectivity index (χ1n) is 5.70. The van der Waals surface area contributed by atoms with Gasteiger partial charge in [0.05, 0.1) is 17.5 Å². The molecule has 21 heavy (non-hydrogen) atoms. The van der Waals surface area contributed by atoms with E-state index in [1.54, 1.807) is 0 Å². The van der Waals surface area contributed by atoms with E-state index in [1.807, 2.05) is 0 Å². The van der Waals surface area contributed by atoms with Crippen LogP contribution in [-0.2, 0) is 22.6 Å². The lowest BCUT2D eigenvalue weighted by Crippen LogP contribution is -2.11. The van der Waals surface area contributed by atoms with Gasteiger partial charge < -0.3 is 5.11 Å². The minimum Gasteiger partial charge on any atom is -0.478 e. The van der Waals surface area contributed by atoms with Crippen molar-refractivity contribution in [2.75, 3.05) is 0 Å². The smallest absolute Gasteiger partial charge is 0.335 e. The number of halogens is 1. The number of carbonyl (C=O) groups is 1. The van der Waals surface area contributed by atoms with Gasteiger partial charge in [-0.2, -0.15) is 4.80 Å². The molecule has 0 amide bonds. The third-order valence-electron chi connectivity index (χ3n) is 2.75. The maximum Gasteiger partial charge on any atom is 0.335 e. The number of carboxylic acid groups (broad SMARTS) is 1. The summed E-state index contributed by atoms with van der Waals surface area (Å²) >= 11 is 0. The summed E-state index contributed by atoms with van der Waals surface area (Å²) in [5.41, 5.74) is -0.590. The lowest BCUT2D eigenvalue weighted by molar-refractivity contribution is 0.0696. The Morgan fingerprint density at radius 1 is 1.43 bits per heavy atom. The molecule has 0 fully saturated rings. The second-order valence-electron chi connectivity index (χ2n) is 4.34. The zero-order valence-corrected chi connectivity index (χ0v) is 11.9. The topological polar surface area (TPSA) is 115 Å². The van der Waals surface area contributed by atoms with Crippen molar-refractivity contribution in [2.24, 2.45) is 7.05 Å². The van der Waals surface area contributed by atoms with Crippen LogP contribution in [0.3, 0.4) is 0 Å². The number of rotatable bonds is 4. The molecule has 0 aliphatic rings. The van der Waals surface area contributed by atoms with Crippen LogP contribution in [0.1, 0.15) is 21.7 Å². The van der Waals surface area contributed by atoms with E-state index in [1.165, 1.54) is 14.0 Å². The first-order valence-corrected chi connectivity index (χ1v) is 7.35. The molecule has 0 aliphatic heterocycles. The van der Waals surface area contributed by atoms with Crippen molar-refractivity contribution in [3.63, 3.8) is 0 Å². The van der Waals surface area contributed by atoms with Gasteiger partial charge in [-0.25, -0.2) is 17.6 Å². The molecule has 2 aromatic rings. The van der Waals surface area contributed by atoms with Crippen molar-refractivity contribution in [3.05, 3.63) is 34.9 Å². The van der Waals surface area contributed by atoms with Crippen molar-refractivity contribution in [1.82, 2.24) is 20.2 Å². The highest BCUT2D eigenvalue weighted by Gasteiger charge is 2.24. The number of benzene rings is 1. The quantitative estimate of drug-likeness (QED) is 0.864. The van der Waals surface area contributed by atoms with E-state index in [-0.39, 0.29) is 11.4 Å². The highest BCUT2D eigenvalue weighted by molar-refractivity contribution is 7.90. The lowest BCUT2D eigenvalue weighted by atomic mass is 10.1. The molecule has 0 bridgehead atoms.